The predicted octanol–water partition coefficient (Wildman–Crippen LogP) is 2.89. The van der Waals surface area contributed by atoms with Gasteiger partial charge >= 0.3 is 0 Å². The average molecular weight is 180 g/mol. The lowest BCUT2D eigenvalue weighted by molar-refractivity contribution is 0.0553. The Morgan fingerprint density at radius 3 is 3.00 bits per heavy atom. The fourth-order valence-electron chi connectivity index (χ4n) is 3.01. The first-order chi connectivity index (χ1) is 6.13. The molecule has 1 nitrogen and oxygen atoms in total. The van der Waals surface area contributed by atoms with Gasteiger partial charge in [0.05, 0.1) is 6.10 Å². The van der Waals surface area contributed by atoms with E-state index in [4.69, 9.17) is 0 Å². The average Bonchev–Trinajstić information content (AvgIpc) is 2.07. The topological polar surface area (TPSA) is 20.2 Å². The molecule has 1 saturated carbocycles. The highest BCUT2D eigenvalue weighted by atomic mass is 16.3. The number of aliphatic hydroxyl groups excluding tert-OH is 1. The van der Waals surface area contributed by atoms with Crippen molar-refractivity contribution < 1.29 is 5.11 Å². The van der Waals surface area contributed by atoms with Crippen LogP contribution in [0.1, 0.15) is 46.0 Å². The summed E-state index contributed by atoms with van der Waals surface area (Å²) in [7, 11) is 0. The van der Waals surface area contributed by atoms with Crippen LogP contribution in [0, 0.1) is 11.3 Å². The van der Waals surface area contributed by atoms with Crippen molar-refractivity contribution in [2.75, 3.05) is 0 Å². The second-order valence-corrected chi connectivity index (χ2v) is 5.02. The zero-order chi connectivity index (χ0) is 9.47. The smallest absolute Gasteiger partial charge is 0.0551 e. The largest absolute Gasteiger partial charge is 0.393 e. The van der Waals surface area contributed by atoms with Gasteiger partial charge in [-0.25, -0.2) is 0 Å². The zero-order valence-electron chi connectivity index (χ0n) is 8.71. The summed E-state index contributed by atoms with van der Waals surface area (Å²) in [6, 6.07) is 0. The molecule has 0 radical (unpaired) electrons. The van der Waals surface area contributed by atoms with Crippen LogP contribution in [-0.2, 0) is 0 Å². The number of allylic oxidation sites excluding steroid dienone is 2. The van der Waals surface area contributed by atoms with Gasteiger partial charge in [0.25, 0.3) is 0 Å². The van der Waals surface area contributed by atoms with Crippen LogP contribution in [0.25, 0.3) is 0 Å². The van der Waals surface area contributed by atoms with Crippen LogP contribution in [0.5, 0.6) is 0 Å². The summed E-state index contributed by atoms with van der Waals surface area (Å²) in [6.45, 7) is 4.68. The van der Waals surface area contributed by atoms with Gasteiger partial charge in [-0.2, -0.15) is 0 Å². The van der Waals surface area contributed by atoms with E-state index in [9.17, 15) is 5.11 Å². The molecule has 2 rings (SSSR count). The van der Waals surface area contributed by atoms with Gasteiger partial charge in [0.1, 0.15) is 0 Å². The highest BCUT2D eigenvalue weighted by molar-refractivity contribution is 5.21. The quantitative estimate of drug-likeness (QED) is 0.568. The van der Waals surface area contributed by atoms with E-state index in [1.807, 2.05) is 0 Å². The molecule has 3 atom stereocenters. The van der Waals surface area contributed by atoms with Crippen molar-refractivity contribution in [3.63, 3.8) is 0 Å². The van der Waals surface area contributed by atoms with Gasteiger partial charge in [0.2, 0.25) is 0 Å². The first-order valence-electron chi connectivity index (χ1n) is 5.50. The molecule has 0 amide bonds. The van der Waals surface area contributed by atoms with E-state index in [0.717, 1.165) is 25.2 Å². The molecule has 0 spiro atoms. The molecule has 2 aliphatic carbocycles. The third-order valence-corrected chi connectivity index (χ3v) is 4.22. The molecular weight excluding hydrogens is 160 g/mol. The first-order valence-corrected chi connectivity index (χ1v) is 5.50. The summed E-state index contributed by atoms with van der Waals surface area (Å²) < 4.78 is 0. The summed E-state index contributed by atoms with van der Waals surface area (Å²) in [5.41, 5.74) is 1.94. The maximum Gasteiger partial charge on any atom is 0.0551 e. The molecule has 2 aliphatic rings. The Morgan fingerprint density at radius 2 is 2.23 bits per heavy atom. The van der Waals surface area contributed by atoms with Crippen LogP contribution >= 0.6 is 0 Å². The maximum absolute atomic E-state index is 9.70. The molecule has 13 heavy (non-hydrogen) atoms. The van der Waals surface area contributed by atoms with Gasteiger partial charge in [-0.3, -0.25) is 0 Å². The molecule has 0 aromatic rings. The highest BCUT2D eigenvalue weighted by Gasteiger charge is 2.40. The minimum atomic E-state index is -0.0531. The van der Waals surface area contributed by atoms with Crippen molar-refractivity contribution in [3.05, 3.63) is 11.6 Å². The number of rotatable bonds is 0. The van der Waals surface area contributed by atoms with Crippen LogP contribution in [-0.4, -0.2) is 11.2 Å². The van der Waals surface area contributed by atoms with E-state index < -0.39 is 0 Å². The molecule has 74 valence electrons. The van der Waals surface area contributed by atoms with E-state index in [-0.39, 0.29) is 6.10 Å². The molecular formula is C12H20O. The molecule has 1 N–H and O–H groups in total. The lowest BCUT2D eigenvalue weighted by Crippen LogP contribution is -2.38. The van der Waals surface area contributed by atoms with Crippen LogP contribution in [0.4, 0.5) is 0 Å². The lowest BCUT2D eigenvalue weighted by Gasteiger charge is -2.46. The highest BCUT2D eigenvalue weighted by Crippen LogP contribution is 2.50. The van der Waals surface area contributed by atoms with E-state index in [0.29, 0.717) is 5.41 Å². The molecule has 0 aromatic carbocycles. The third kappa shape index (κ3) is 1.43. The summed E-state index contributed by atoms with van der Waals surface area (Å²) in [4.78, 5) is 0. The molecule has 1 fully saturated rings. The van der Waals surface area contributed by atoms with Crippen molar-refractivity contribution in [1.82, 2.24) is 0 Å². The Hall–Kier alpha value is -0.300. The lowest BCUT2D eigenvalue weighted by atomic mass is 9.60. The molecule has 0 heterocycles. The van der Waals surface area contributed by atoms with Crippen LogP contribution in [0.3, 0.4) is 0 Å². The van der Waals surface area contributed by atoms with Crippen LogP contribution < -0.4 is 0 Å². The summed E-state index contributed by atoms with van der Waals surface area (Å²) >= 11 is 0. The van der Waals surface area contributed by atoms with Gasteiger partial charge in [0, 0.05) is 0 Å². The standard InChI is InChI=1S/C12H20O/c1-9-4-3-5-10-6-7-11(13)8-12(9,10)2/h5,9,11,13H,3-4,6-8H2,1-2H3. The SMILES string of the molecule is CC1CCC=C2CCC(O)CC21C. The normalized spacial score (nSPS) is 45.3. The second kappa shape index (κ2) is 3.13. The third-order valence-electron chi connectivity index (χ3n) is 4.22. The molecule has 1 heteroatoms. The predicted molar refractivity (Wildman–Crippen MR) is 54.4 cm³/mol. The van der Waals surface area contributed by atoms with Crippen molar-refractivity contribution in [2.45, 2.75) is 52.1 Å². The maximum atomic E-state index is 9.70. The Bertz CT molecular complexity index is 231. The van der Waals surface area contributed by atoms with E-state index >= 15 is 0 Å². The Labute approximate surface area is 80.8 Å². The Kier molecular flexibility index (Phi) is 2.23. The molecule has 0 saturated heterocycles. The van der Waals surface area contributed by atoms with Gasteiger partial charge in [0.15, 0.2) is 0 Å². The fourth-order valence-corrected chi connectivity index (χ4v) is 3.01. The monoisotopic (exact) mass is 180 g/mol. The summed E-state index contributed by atoms with van der Waals surface area (Å²) in [5, 5.41) is 9.70. The van der Waals surface area contributed by atoms with Crippen LogP contribution in [0.2, 0.25) is 0 Å². The number of hydrogen-bond acceptors (Lipinski definition) is 1. The van der Waals surface area contributed by atoms with Gasteiger partial charge in [-0.15, -0.1) is 0 Å². The molecule has 0 bridgehead atoms. The van der Waals surface area contributed by atoms with E-state index in [1.165, 1.54) is 12.8 Å². The fraction of sp³-hybridized carbons (Fsp3) is 0.833. The van der Waals surface area contributed by atoms with E-state index in [1.54, 1.807) is 5.57 Å². The number of hydrogen-bond donors (Lipinski definition) is 1. The van der Waals surface area contributed by atoms with Crippen molar-refractivity contribution in [1.29, 1.82) is 0 Å². The summed E-state index contributed by atoms with van der Waals surface area (Å²) in [5.74, 6) is 0.752. The van der Waals surface area contributed by atoms with Gasteiger partial charge in [-0.1, -0.05) is 25.5 Å². The number of fused-ring (bicyclic) bond motifs is 1. The van der Waals surface area contributed by atoms with E-state index in [2.05, 4.69) is 19.9 Å². The van der Waals surface area contributed by atoms with Crippen molar-refractivity contribution >= 4 is 0 Å². The van der Waals surface area contributed by atoms with Gasteiger partial charge in [-0.05, 0) is 43.4 Å². The second-order valence-electron chi connectivity index (χ2n) is 5.02. The first kappa shape index (κ1) is 9.26. The number of aliphatic hydroxyl groups is 1. The zero-order valence-corrected chi connectivity index (χ0v) is 8.71. The Morgan fingerprint density at radius 1 is 1.46 bits per heavy atom. The van der Waals surface area contributed by atoms with Gasteiger partial charge < -0.3 is 5.11 Å². The molecule has 0 aliphatic heterocycles. The van der Waals surface area contributed by atoms with Crippen molar-refractivity contribution in [3.8, 4) is 0 Å². The minimum Gasteiger partial charge on any atom is -0.393 e. The summed E-state index contributed by atoms with van der Waals surface area (Å²) in [6.07, 6.45) is 8.01. The molecule has 3 unspecified atom stereocenters. The molecule has 0 aromatic heterocycles. The minimum absolute atomic E-state index is 0.0531. The van der Waals surface area contributed by atoms with Crippen molar-refractivity contribution in [2.24, 2.45) is 11.3 Å². The Balaban J connectivity index is 2.27. The van der Waals surface area contributed by atoms with Crippen LogP contribution in [0.15, 0.2) is 11.6 Å².